The van der Waals surface area contributed by atoms with E-state index in [0.29, 0.717) is 11.1 Å². The summed E-state index contributed by atoms with van der Waals surface area (Å²) in [5.41, 5.74) is 10.6. The third-order valence-electron chi connectivity index (χ3n) is 9.65. The van der Waals surface area contributed by atoms with E-state index < -0.39 is 0 Å². The normalized spacial score (nSPS) is 12.3. The van der Waals surface area contributed by atoms with Gasteiger partial charge in [-0.2, -0.15) is 13.1 Å². The number of hydrogen-bond donors (Lipinski definition) is 2. The Kier molecular flexibility index (Phi) is 18.1. The van der Waals surface area contributed by atoms with Gasteiger partial charge in [0.25, 0.3) is 0 Å². The molecule has 0 aliphatic rings. The van der Waals surface area contributed by atoms with Crippen molar-refractivity contribution in [1.29, 1.82) is 0 Å². The topological polar surface area (TPSA) is 91.6 Å². The molecule has 0 aliphatic heterocycles. The number of phenolic OH excluding ortho intramolecular Hbond substituents is 2. The average molecular weight is 853 g/mol. The van der Waals surface area contributed by atoms with E-state index in [4.69, 9.17) is 9.98 Å². The van der Waals surface area contributed by atoms with Gasteiger partial charge in [0.15, 0.2) is 0 Å². The molecule has 6 nitrogen and oxygen atoms in total. The van der Waals surface area contributed by atoms with Crippen molar-refractivity contribution in [1.82, 2.24) is 0 Å². The van der Waals surface area contributed by atoms with Crippen LogP contribution < -0.4 is 0 Å². The summed E-state index contributed by atoms with van der Waals surface area (Å²) in [7, 11) is 0. The molecule has 7 heteroatoms. The van der Waals surface area contributed by atoms with Crippen LogP contribution in [0.3, 0.4) is 0 Å². The molecule has 0 amide bonds. The van der Waals surface area contributed by atoms with Crippen LogP contribution in [0.2, 0.25) is 0 Å². The molecule has 0 bridgehead atoms. The van der Waals surface area contributed by atoms with Crippen molar-refractivity contribution in [3.8, 4) is 22.6 Å². The van der Waals surface area contributed by atoms with Crippen LogP contribution in [-0.2, 0) is 42.5 Å². The van der Waals surface area contributed by atoms with Gasteiger partial charge in [-0.05, 0) is 82.0 Å². The Labute approximate surface area is 358 Å². The second-order valence-electron chi connectivity index (χ2n) is 18.7. The molecule has 0 aromatic heterocycles. The van der Waals surface area contributed by atoms with Gasteiger partial charge in [-0.3, -0.25) is 9.98 Å². The maximum absolute atomic E-state index is 11.4. The fourth-order valence-corrected chi connectivity index (χ4v) is 6.19. The predicted octanol–water partition coefficient (Wildman–Crippen LogP) is 14.2. The van der Waals surface area contributed by atoms with Crippen molar-refractivity contribution in [3.63, 3.8) is 0 Å². The van der Waals surface area contributed by atoms with Crippen LogP contribution in [0, 0.1) is 13.8 Å². The van der Waals surface area contributed by atoms with Crippen molar-refractivity contribution in [2.24, 2.45) is 13.3 Å². The summed E-state index contributed by atoms with van der Waals surface area (Å²) in [6.07, 6.45) is 3.59. The van der Waals surface area contributed by atoms with Crippen molar-refractivity contribution < 1.29 is 31.1 Å². The van der Waals surface area contributed by atoms with Crippen molar-refractivity contribution in [3.05, 3.63) is 110 Å². The third-order valence-corrected chi connectivity index (χ3v) is 10.3. The zero-order valence-corrected chi connectivity index (χ0v) is 40.4. The fourth-order valence-electron chi connectivity index (χ4n) is 6.19. The third kappa shape index (κ3) is 14.0. The second-order valence-corrected chi connectivity index (χ2v) is 19.4. The molecule has 0 saturated carbocycles. The molecule has 57 heavy (non-hydrogen) atoms. The Balaban J connectivity index is 0.00000112. The molecule has 0 heterocycles. The van der Waals surface area contributed by atoms with Crippen LogP contribution in [0.15, 0.2) is 74.0 Å². The SMILES string of the molecule is CC[N-]CC.CC[N]=[Nb].Cc1cccc(N=Cc2cc(C(C)(C)C)cc(C(C)(C)C)c2O)c1-c1c(C)cccc1N=Cc1cc(C(C)(C)C)cc(C(C)(C)C)c1O. The molecule has 4 aromatic carbocycles. The number of phenols is 2. The zero-order chi connectivity index (χ0) is 43.5. The van der Waals surface area contributed by atoms with Crippen molar-refractivity contribution in [2.75, 3.05) is 19.6 Å². The standard InChI is InChI=1S/C44H56N2O2.C4H10N.C2H5N.Nb/c1-27-17-15-19-35(45-25-29-21-31(41(3,4)5)23-33(39(29)47)43(9,10)11)37(27)38-28(2)18-16-20-36(38)46-26-30-22-32(42(6,7)8)24-34(40(30)48)44(12,13)14;1-3-5-4-2;1-2-3;/h15-26,47-48H,1-14H3;3-4H2,1-2H3;2H2,1H3;/q;-1;;. The van der Waals surface area contributed by atoms with Crippen LogP contribution in [0.5, 0.6) is 11.5 Å². The monoisotopic (exact) mass is 852 g/mol. The smallest absolute Gasteiger partial charge is 0.128 e. The molecule has 0 fully saturated rings. The first-order valence-corrected chi connectivity index (χ1v) is 21.3. The van der Waals surface area contributed by atoms with Crippen LogP contribution >= 0.6 is 0 Å². The van der Waals surface area contributed by atoms with Crippen molar-refractivity contribution in [2.45, 2.75) is 139 Å². The molecule has 0 spiro atoms. The van der Waals surface area contributed by atoms with Gasteiger partial charge in [-0.25, -0.2) is 0 Å². The van der Waals surface area contributed by atoms with Gasteiger partial charge in [0, 0.05) is 45.8 Å². The Bertz CT molecular complexity index is 1880. The Morgan fingerprint density at radius 3 is 1.14 bits per heavy atom. The molecule has 0 unspecified atom stereocenters. The molecule has 0 atom stereocenters. The fraction of sp³-hybridized carbons (Fsp3) is 0.480. The summed E-state index contributed by atoms with van der Waals surface area (Å²) in [6.45, 7) is 39.1. The largest absolute Gasteiger partial charge is 0.507 e. The van der Waals surface area contributed by atoms with Gasteiger partial charge < -0.3 is 15.5 Å². The summed E-state index contributed by atoms with van der Waals surface area (Å²) in [5.74, 6) is 0.531. The molecule has 4 aromatic rings. The van der Waals surface area contributed by atoms with Gasteiger partial charge in [-0.1, -0.05) is 133 Å². The van der Waals surface area contributed by atoms with E-state index in [0.717, 1.165) is 75.5 Å². The minimum atomic E-state index is -0.231. The summed E-state index contributed by atoms with van der Waals surface area (Å²) in [5, 5.41) is 26.8. The van der Waals surface area contributed by atoms with Crippen LogP contribution in [-0.4, -0.2) is 42.3 Å². The van der Waals surface area contributed by atoms with Gasteiger partial charge >= 0.3 is 37.7 Å². The summed E-state index contributed by atoms with van der Waals surface area (Å²) >= 11 is 1.52. The predicted molar refractivity (Wildman–Crippen MR) is 244 cm³/mol. The van der Waals surface area contributed by atoms with E-state index in [1.54, 1.807) is 12.4 Å². The van der Waals surface area contributed by atoms with Crippen LogP contribution in [0.1, 0.15) is 148 Å². The van der Waals surface area contributed by atoms with E-state index in [1.165, 1.54) is 20.9 Å². The van der Waals surface area contributed by atoms with E-state index in [1.807, 2.05) is 45.0 Å². The first-order valence-electron chi connectivity index (χ1n) is 20.3. The van der Waals surface area contributed by atoms with E-state index in [2.05, 4.69) is 142 Å². The first-order chi connectivity index (χ1) is 26.3. The number of aliphatic imine (C=N–C) groups is 2. The quantitative estimate of drug-likeness (QED) is 0.136. The molecule has 309 valence electrons. The Morgan fingerprint density at radius 1 is 0.561 bits per heavy atom. The number of aryl methyl sites for hydroxylation is 2. The Morgan fingerprint density at radius 2 is 0.895 bits per heavy atom. The van der Waals surface area contributed by atoms with Gasteiger partial charge in [0.1, 0.15) is 11.5 Å². The minimum Gasteiger partial charge on any atom is -0.507 e. The van der Waals surface area contributed by atoms with Crippen molar-refractivity contribution >= 4 is 23.8 Å². The number of hydrogen-bond acceptors (Lipinski definition) is 5. The van der Waals surface area contributed by atoms with Crippen LogP contribution in [0.25, 0.3) is 16.4 Å². The zero-order valence-electron chi connectivity index (χ0n) is 38.2. The summed E-state index contributed by atoms with van der Waals surface area (Å²) < 4.78 is 3.79. The minimum absolute atomic E-state index is 0.0900. The van der Waals surface area contributed by atoms with E-state index >= 15 is 0 Å². The molecular weight excluding hydrogens is 781 g/mol. The molecule has 4 rings (SSSR count). The number of nitrogens with zero attached hydrogens (tertiary/aromatic N) is 4. The number of benzene rings is 4. The summed E-state index contributed by atoms with van der Waals surface area (Å²) in [6, 6.07) is 20.6. The Hall–Kier alpha value is -3.68. The van der Waals surface area contributed by atoms with Gasteiger partial charge in [0.2, 0.25) is 0 Å². The summed E-state index contributed by atoms with van der Waals surface area (Å²) in [4.78, 5) is 10.1. The molecule has 0 aliphatic carbocycles. The van der Waals surface area contributed by atoms with E-state index in [-0.39, 0.29) is 33.2 Å². The number of aromatic hydroxyl groups is 2. The van der Waals surface area contributed by atoms with E-state index in [9.17, 15) is 10.2 Å². The maximum Gasteiger partial charge on any atom is 0.128 e. The molecular formula is C50H71N4NbO2-. The molecule has 0 radical (unpaired) electrons. The first kappa shape index (κ1) is 49.5. The second kappa shape index (κ2) is 20.8. The molecule has 0 saturated heterocycles. The maximum atomic E-state index is 11.4. The van der Waals surface area contributed by atoms with Gasteiger partial charge in [-0.15, -0.1) is 0 Å². The average Bonchev–Trinajstić information content (AvgIpc) is 3.10. The number of rotatable bonds is 8. The van der Waals surface area contributed by atoms with Gasteiger partial charge in [0.05, 0.1) is 11.4 Å². The van der Waals surface area contributed by atoms with Crippen LogP contribution in [0.4, 0.5) is 11.4 Å². The molecule has 2 N–H and O–H groups in total.